The molecule has 132 valence electrons. The number of amides is 2. The molecule has 24 heavy (non-hydrogen) atoms. The van der Waals surface area contributed by atoms with Gasteiger partial charge in [0.25, 0.3) is 0 Å². The number of hydrogen-bond donors (Lipinski definition) is 1. The number of carbonyl (C=O) groups excluding carboxylic acids is 2. The van der Waals surface area contributed by atoms with Gasteiger partial charge in [0.15, 0.2) is 0 Å². The lowest BCUT2D eigenvalue weighted by atomic mass is 9.77. The number of rotatable bonds is 4. The number of nitrogens with zero attached hydrogens (tertiary/aromatic N) is 3. The topological polar surface area (TPSA) is 75.2 Å². The maximum Gasteiger partial charge on any atom is 0.231 e. The summed E-state index contributed by atoms with van der Waals surface area (Å²) in [6, 6.07) is 0.285. The van der Waals surface area contributed by atoms with Gasteiger partial charge in [-0.05, 0) is 24.7 Å². The molecule has 4 atom stereocenters. The van der Waals surface area contributed by atoms with E-state index in [1.54, 1.807) is 0 Å². The summed E-state index contributed by atoms with van der Waals surface area (Å²) in [5.74, 6) is 0.864. The molecule has 1 N–H and O–H groups in total. The second-order valence-corrected chi connectivity index (χ2v) is 8.19. The summed E-state index contributed by atoms with van der Waals surface area (Å²) in [4.78, 5) is 26.9. The van der Waals surface area contributed by atoms with E-state index < -0.39 is 0 Å². The molecule has 7 heteroatoms. The van der Waals surface area contributed by atoms with Crippen molar-refractivity contribution in [2.24, 2.45) is 17.8 Å². The van der Waals surface area contributed by atoms with E-state index in [4.69, 9.17) is 0 Å². The molecule has 0 radical (unpaired) electrons. The van der Waals surface area contributed by atoms with Crippen LogP contribution in [0.15, 0.2) is 0 Å². The molecule has 0 aromatic carbocycles. The van der Waals surface area contributed by atoms with Crippen LogP contribution in [0.1, 0.15) is 51.5 Å². The van der Waals surface area contributed by atoms with Gasteiger partial charge in [-0.2, -0.15) is 0 Å². The molecule has 2 heterocycles. The van der Waals surface area contributed by atoms with Crippen LogP contribution in [-0.2, 0) is 16.0 Å². The van der Waals surface area contributed by atoms with Crippen molar-refractivity contribution in [3.05, 3.63) is 5.01 Å². The highest BCUT2D eigenvalue weighted by Gasteiger charge is 2.41. The normalized spacial score (nSPS) is 30.6. The van der Waals surface area contributed by atoms with Gasteiger partial charge in [-0.3, -0.25) is 9.59 Å². The summed E-state index contributed by atoms with van der Waals surface area (Å²) >= 11 is 1.40. The third-order valence-corrected chi connectivity index (χ3v) is 6.58. The van der Waals surface area contributed by atoms with Gasteiger partial charge in [0.2, 0.25) is 16.9 Å². The highest BCUT2D eigenvalue weighted by Crippen LogP contribution is 2.36. The summed E-state index contributed by atoms with van der Waals surface area (Å²) in [7, 11) is 0. The number of aryl methyl sites for hydroxylation is 1. The molecule has 1 aliphatic carbocycles. The fourth-order valence-corrected chi connectivity index (χ4v) is 4.56. The van der Waals surface area contributed by atoms with Crippen LogP contribution >= 0.6 is 11.3 Å². The molecular weight excluding hydrogens is 324 g/mol. The Hall–Kier alpha value is -1.50. The van der Waals surface area contributed by atoms with Gasteiger partial charge in [0.1, 0.15) is 5.01 Å². The summed E-state index contributed by atoms with van der Waals surface area (Å²) in [6.07, 6.45) is 4.58. The molecule has 6 nitrogen and oxygen atoms in total. The molecule has 1 aromatic rings. The van der Waals surface area contributed by atoms with E-state index in [9.17, 15) is 9.59 Å². The second-order valence-electron chi connectivity index (χ2n) is 7.13. The predicted molar refractivity (Wildman–Crippen MR) is 93.7 cm³/mol. The highest BCUT2D eigenvalue weighted by molar-refractivity contribution is 7.15. The summed E-state index contributed by atoms with van der Waals surface area (Å²) in [5, 5.41) is 12.3. The lowest BCUT2D eigenvalue weighted by Gasteiger charge is -2.40. The molecule has 0 unspecified atom stereocenters. The third kappa shape index (κ3) is 3.45. The van der Waals surface area contributed by atoms with Crippen molar-refractivity contribution in [2.75, 3.05) is 11.9 Å². The SMILES string of the molecule is CCc1nnc(NC(=O)[C@H]2CC(=O)N([C@@H]3CCC[C@H](C)[C@@H]3C)C2)s1. The summed E-state index contributed by atoms with van der Waals surface area (Å²) in [5.41, 5.74) is 0. The van der Waals surface area contributed by atoms with E-state index in [-0.39, 0.29) is 23.8 Å². The van der Waals surface area contributed by atoms with Crippen LogP contribution in [0, 0.1) is 17.8 Å². The first-order chi connectivity index (χ1) is 11.5. The molecule has 0 spiro atoms. The lowest BCUT2D eigenvalue weighted by Crippen LogP contribution is -2.45. The molecule has 2 aliphatic rings. The first-order valence-corrected chi connectivity index (χ1v) is 9.74. The molecule has 2 fully saturated rings. The summed E-state index contributed by atoms with van der Waals surface area (Å²) in [6.45, 7) is 7.04. The fourth-order valence-electron chi connectivity index (χ4n) is 3.88. The van der Waals surface area contributed by atoms with E-state index in [2.05, 4.69) is 29.4 Å². The Morgan fingerprint density at radius 1 is 1.33 bits per heavy atom. The number of aromatic nitrogens is 2. The van der Waals surface area contributed by atoms with Crippen LogP contribution in [0.2, 0.25) is 0 Å². The van der Waals surface area contributed by atoms with Crippen LogP contribution in [0.3, 0.4) is 0 Å². The lowest BCUT2D eigenvalue weighted by molar-refractivity contribution is -0.131. The quantitative estimate of drug-likeness (QED) is 0.906. The van der Waals surface area contributed by atoms with Gasteiger partial charge in [0.05, 0.1) is 5.92 Å². The van der Waals surface area contributed by atoms with E-state index in [1.165, 1.54) is 24.2 Å². The molecule has 1 saturated heterocycles. The average Bonchev–Trinajstić information content (AvgIpc) is 3.16. The minimum atomic E-state index is -0.282. The molecule has 1 aliphatic heterocycles. The van der Waals surface area contributed by atoms with E-state index in [0.29, 0.717) is 29.9 Å². The number of carbonyl (C=O) groups is 2. The van der Waals surface area contributed by atoms with Gasteiger partial charge in [-0.1, -0.05) is 44.9 Å². The van der Waals surface area contributed by atoms with Gasteiger partial charge >= 0.3 is 0 Å². The van der Waals surface area contributed by atoms with Crippen LogP contribution in [-0.4, -0.2) is 39.5 Å². The van der Waals surface area contributed by atoms with Crippen molar-refractivity contribution < 1.29 is 9.59 Å². The Bertz CT molecular complexity index is 617. The Kier molecular flexibility index (Phi) is 5.18. The summed E-state index contributed by atoms with van der Waals surface area (Å²) < 4.78 is 0. The van der Waals surface area contributed by atoms with Crippen LogP contribution in [0.4, 0.5) is 5.13 Å². The van der Waals surface area contributed by atoms with E-state index in [0.717, 1.165) is 17.8 Å². The van der Waals surface area contributed by atoms with Crippen molar-refractivity contribution in [1.82, 2.24) is 15.1 Å². The van der Waals surface area contributed by atoms with Crippen LogP contribution < -0.4 is 5.32 Å². The van der Waals surface area contributed by atoms with Gasteiger partial charge < -0.3 is 10.2 Å². The Morgan fingerprint density at radius 3 is 2.83 bits per heavy atom. The van der Waals surface area contributed by atoms with Crippen molar-refractivity contribution in [2.45, 2.75) is 58.9 Å². The zero-order chi connectivity index (χ0) is 17.3. The Balaban J connectivity index is 1.62. The molecule has 3 rings (SSSR count). The standard InChI is InChI=1S/C17H26N4O2S/c1-4-14-19-20-17(24-14)18-16(23)12-8-15(22)21(9-12)13-7-5-6-10(2)11(13)3/h10-13H,4-9H2,1-3H3,(H,18,20,23)/t10-,11-,12-,13+/m0/s1. The highest BCUT2D eigenvalue weighted by atomic mass is 32.1. The first kappa shape index (κ1) is 17.3. The van der Waals surface area contributed by atoms with Crippen molar-refractivity contribution in [3.63, 3.8) is 0 Å². The molecule has 0 bridgehead atoms. The van der Waals surface area contributed by atoms with Gasteiger partial charge in [0, 0.05) is 19.0 Å². The van der Waals surface area contributed by atoms with Gasteiger partial charge in [-0.15, -0.1) is 10.2 Å². The van der Waals surface area contributed by atoms with E-state index in [1.807, 2.05) is 11.8 Å². The third-order valence-electron chi connectivity index (χ3n) is 5.59. The van der Waals surface area contributed by atoms with Crippen LogP contribution in [0.5, 0.6) is 0 Å². The first-order valence-electron chi connectivity index (χ1n) is 8.92. The van der Waals surface area contributed by atoms with Crippen molar-refractivity contribution in [1.29, 1.82) is 0 Å². The average molecular weight is 350 g/mol. The predicted octanol–water partition coefficient (Wildman–Crippen LogP) is 2.71. The van der Waals surface area contributed by atoms with E-state index >= 15 is 0 Å². The smallest absolute Gasteiger partial charge is 0.231 e. The number of anilines is 1. The van der Waals surface area contributed by atoms with Crippen molar-refractivity contribution in [3.8, 4) is 0 Å². The van der Waals surface area contributed by atoms with Crippen molar-refractivity contribution >= 4 is 28.3 Å². The minimum Gasteiger partial charge on any atom is -0.339 e. The maximum atomic E-state index is 12.5. The Morgan fingerprint density at radius 2 is 2.12 bits per heavy atom. The monoisotopic (exact) mass is 350 g/mol. The molecule has 1 saturated carbocycles. The molecule has 2 amide bonds. The molecular formula is C17H26N4O2S. The maximum absolute atomic E-state index is 12.5. The van der Waals surface area contributed by atoms with Gasteiger partial charge in [-0.25, -0.2) is 0 Å². The number of likely N-dealkylation sites (tertiary alicyclic amines) is 1. The fraction of sp³-hybridized carbons (Fsp3) is 0.765. The number of hydrogen-bond acceptors (Lipinski definition) is 5. The second kappa shape index (κ2) is 7.17. The zero-order valence-corrected chi connectivity index (χ0v) is 15.4. The number of nitrogens with one attached hydrogen (secondary N) is 1. The zero-order valence-electron chi connectivity index (χ0n) is 14.6. The molecule has 1 aromatic heterocycles. The minimum absolute atomic E-state index is 0.110. The van der Waals surface area contributed by atoms with Crippen LogP contribution in [0.25, 0.3) is 0 Å². The Labute approximate surface area is 147 Å². The largest absolute Gasteiger partial charge is 0.339 e.